The van der Waals surface area contributed by atoms with Crippen molar-refractivity contribution < 1.29 is 23.2 Å². The normalized spacial score (nSPS) is 14.1. The van der Waals surface area contributed by atoms with Gasteiger partial charge in [0.2, 0.25) is 11.8 Å². The van der Waals surface area contributed by atoms with Gasteiger partial charge in [-0.2, -0.15) is 0 Å². The quantitative estimate of drug-likeness (QED) is 0.0801. The first-order valence-electron chi connectivity index (χ1n) is 18.2. The second-order valence-corrected chi connectivity index (χ2v) is 14.5. The molecule has 2 atom stereocenters. The molecule has 6 N–H and O–H groups in total. The van der Waals surface area contributed by atoms with Crippen LogP contribution in [0.15, 0.2) is 91.1 Å². The molecule has 0 aliphatic carbocycles. The van der Waals surface area contributed by atoms with Crippen molar-refractivity contribution in [3.05, 3.63) is 135 Å². The van der Waals surface area contributed by atoms with Crippen LogP contribution < -0.4 is 27.0 Å². The molecule has 4 amide bonds. The average Bonchev–Trinajstić information content (AvgIpc) is 3.81. The summed E-state index contributed by atoms with van der Waals surface area (Å²) in [6, 6.07) is 20.4. The van der Waals surface area contributed by atoms with Gasteiger partial charge < -0.3 is 31.6 Å². The van der Waals surface area contributed by atoms with Crippen molar-refractivity contribution in [3.63, 3.8) is 0 Å². The number of nitrogens with zero attached hydrogens (tertiary/aromatic N) is 2. The van der Waals surface area contributed by atoms with E-state index in [0.29, 0.717) is 22.3 Å². The molecule has 0 bridgehead atoms. The van der Waals surface area contributed by atoms with E-state index in [1.165, 1.54) is 6.07 Å². The predicted octanol–water partition coefficient (Wildman–Crippen LogP) is 6.75. The third kappa shape index (κ3) is 10.4. The monoisotopic (exact) mass is 789 g/mol. The highest BCUT2D eigenvalue weighted by Gasteiger charge is 2.27. The van der Waals surface area contributed by atoms with E-state index in [2.05, 4.69) is 36.9 Å². The number of hydrogen-bond donors (Lipinski definition) is 5. The summed E-state index contributed by atoms with van der Waals surface area (Å²) in [6.07, 6.45) is 4.32. The molecule has 5 aromatic rings. The van der Waals surface area contributed by atoms with E-state index in [9.17, 15) is 23.2 Å². The maximum absolute atomic E-state index is 14.2. The van der Waals surface area contributed by atoms with Gasteiger partial charge in [0.15, 0.2) is 11.6 Å². The summed E-state index contributed by atoms with van der Waals surface area (Å²) in [5.41, 5.74) is 10.1. The van der Waals surface area contributed by atoms with Gasteiger partial charge in [0.1, 0.15) is 12.1 Å². The smallest absolute Gasteiger partial charge is 0.319 e. The zero-order chi connectivity index (χ0) is 38.9. The summed E-state index contributed by atoms with van der Waals surface area (Å²) >= 11 is 13.1. The van der Waals surface area contributed by atoms with E-state index in [1.807, 2.05) is 42.5 Å². The lowest BCUT2D eigenvalue weighted by molar-refractivity contribution is -0.130. The zero-order valence-corrected chi connectivity index (χ0v) is 31.6. The second-order valence-electron chi connectivity index (χ2n) is 13.6. The first-order chi connectivity index (χ1) is 26.6. The highest BCUT2D eigenvalue weighted by molar-refractivity contribution is 6.36. The molecule has 1 aliphatic heterocycles. The molecule has 1 saturated heterocycles. The summed E-state index contributed by atoms with van der Waals surface area (Å²) in [6.45, 7) is 3.53. The number of amides is 4. The topological polar surface area (TPSA) is 134 Å². The third-order valence-electron chi connectivity index (χ3n) is 9.65. The summed E-state index contributed by atoms with van der Waals surface area (Å²) in [5, 5.41) is 13.1. The van der Waals surface area contributed by atoms with Gasteiger partial charge >= 0.3 is 6.03 Å². The highest BCUT2D eigenvalue weighted by Crippen LogP contribution is 2.31. The summed E-state index contributed by atoms with van der Waals surface area (Å²) in [5.74, 6) is -3.31. The number of nitrogens with one attached hydrogen (secondary N) is 4. The van der Waals surface area contributed by atoms with Gasteiger partial charge in [-0.05, 0) is 92.0 Å². The number of hydrogen-bond acceptors (Lipinski definition) is 5. The molecule has 6 rings (SSSR count). The third-order valence-corrected chi connectivity index (χ3v) is 10.4. The Morgan fingerprint density at radius 3 is 2.24 bits per heavy atom. The molecular formula is C41H43Cl2F2N7O3. The minimum atomic E-state index is -1.28. The maximum Gasteiger partial charge on any atom is 0.319 e. The zero-order valence-electron chi connectivity index (χ0n) is 30.1. The molecule has 288 valence electrons. The van der Waals surface area contributed by atoms with Crippen molar-refractivity contribution in [1.29, 1.82) is 0 Å². The Morgan fingerprint density at radius 1 is 0.782 bits per heavy atom. The fourth-order valence-electron chi connectivity index (χ4n) is 6.79. The standard InChI is InChI=1S/C41H43Cl2F2N7O3/c42-32-9-6-10-33(43)31(32)25-52-24-28(23-51-17-4-5-18-51)30-13-12-29(21-38(30)52)48-41(55)50-37(20-27-11-14-34(44)35(45)19-27)40(54)49-36(15-16-46)39(53)47-22-26-7-2-1-3-8-26/h1-3,6-14,19,21,24,36-37H,4-5,15-18,20,22-23,25,46H2,(H,47,53)(H,49,54)(H2,48,50,55)/t36-,37+/m1/s1. The Hall–Kier alpha value is -5.01. The molecule has 10 nitrogen and oxygen atoms in total. The molecule has 4 aromatic carbocycles. The average molecular weight is 791 g/mol. The molecule has 0 saturated carbocycles. The molecule has 1 aliphatic rings. The fourth-order valence-corrected chi connectivity index (χ4v) is 7.31. The van der Waals surface area contributed by atoms with E-state index in [4.69, 9.17) is 28.9 Å². The van der Waals surface area contributed by atoms with E-state index in [-0.39, 0.29) is 31.5 Å². The molecule has 1 fully saturated rings. The van der Waals surface area contributed by atoms with Crippen LogP contribution in [0.3, 0.4) is 0 Å². The number of carbonyl (C=O) groups is 3. The van der Waals surface area contributed by atoms with Crippen LogP contribution in [0, 0.1) is 11.6 Å². The number of anilines is 1. The van der Waals surface area contributed by atoms with E-state index in [0.717, 1.165) is 72.2 Å². The van der Waals surface area contributed by atoms with Gasteiger partial charge in [-0.1, -0.05) is 71.7 Å². The van der Waals surface area contributed by atoms with Gasteiger partial charge in [-0.15, -0.1) is 0 Å². The van der Waals surface area contributed by atoms with Crippen molar-refractivity contribution in [3.8, 4) is 0 Å². The predicted molar refractivity (Wildman–Crippen MR) is 212 cm³/mol. The van der Waals surface area contributed by atoms with E-state index in [1.54, 1.807) is 24.3 Å². The number of benzene rings is 4. The lowest BCUT2D eigenvalue weighted by Crippen LogP contribution is -2.55. The Balaban J connectivity index is 1.22. The van der Waals surface area contributed by atoms with Crippen molar-refractivity contribution in [2.75, 3.05) is 25.0 Å². The second kappa shape index (κ2) is 18.5. The van der Waals surface area contributed by atoms with Gasteiger partial charge in [0.25, 0.3) is 0 Å². The Kier molecular flexibility index (Phi) is 13.4. The van der Waals surface area contributed by atoms with Crippen molar-refractivity contribution in [2.24, 2.45) is 5.73 Å². The molecule has 0 spiro atoms. The van der Waals surface area contributed by atoms with Crippen LogP contribution in [0.2, 0.25) is 10.0 Å². The van der Waals surface area contributed by atoms with Gasteiger partial charge in [-0.3, -0.25) is 14.5 Å². The Labute approximate surface area is 328 Å². The Morgan fingerprint density at radius 2 is 1.53 bits per heavy atom. The number of aromatic nitrogens is 1. The van der Waals surface area contributed by atoms with Crippen LogP contribution in [0.4, 0.5) is 19.3 Å². The number of rotatable bonds is 15. The number of nitrogens with two attached hydrogens (primary N) is 1. The first kappa shape index (κ1) is 39.7. The number of carbonyl (C=O) groups excluding carboxylic acids is 3. The summed E-state index contributed by atoms with van der Waals surface area (Å²) in [4.78, 5) is 42.9. The molecule has 0 radical (unpaired) electrons. The van der Waals surface area contributed by atoms with Crippen LogP contribution in [0.5, 0.6) is 0 Å². The van der Waals surface area contributed by atoms with Gasteiger partial charge in [0, 0.05) is 52.4 Å². The minimum absolute atomic E-state index is 0.0953. The van der Waals surface area contributed by atoms with E-state index < -0.39 is 41.6 Å². The molecule has 55 heavy (non-hydrogen) atoms. The van der Waals surface area contributed by atoms with Crippen LogP contribution in [0.1, 0.15) is 41.5 Å². The number of fused-ring (bicyclic) bond motifs is 1. The first-order valence-corrected chi connectivity index (χ1v) is 18.9. The molecule has 2 heterocycles. The number of likely N-dealkylation sites (tertiary alicyclic amines) is 1. The van der Waals surface area contributed by atoms with Crippen LogP contribution in [0.25, 0.3) is 10.9 Å². The van der Waals surface area contributed by atoms with Crippen molar-refractivity contribution >= 4 is 57.6 Å². The van der Waals surface area contributed by atoms with Gasteiger partial charge in [-0.25, -0.2) is 13.6 Å². The number of urea groups is 1. The Bertz CT molecular complexity index is 2120. The number of halogens is 4. The lowest BCUT2D eigenvalue weighted by atomic mass is 10.0. The van der Waals surface area contributed by atoms with Gasteiger partial charge in [0.05, 0.1) is 12.1 Å². The van der Waals surface area contributed by atoms with Crippen molar-refractivity contribution in [1.82, 2.24) is 25.4 Å². The minimum Gasteiger partial charge on any atom is -0.350 e. The fraction of sp³-hybridized carbons (Fsp3) is 0.293. The van der Waals surface area contributed by atoms with Crippen LogP contribution in [-0.4, -0.2) is 59.0 Å². The van der Waals surface area contributed by atoms with E-state index >= 15 is 0 Å². The molecular weight excluding hydrogens is 747 g/mol. The molecule has 1 aromatic heterocycles. The maximum atomic E-state index is 14.2. The lowest BCUT2D eigenvalue weighted by Gasteiger charge is -2.23. The van der Waals surface area contributed by atoms with Crippen molar-refractivity contribution in [2.45, 2.75) is 57.4 Å². The molecule has 0 unspecified atom stereocenters. The molecule has 14 heteroatoms. The largest absolute Gasteiger partial charge is 0.350 e. The summed E-state index contributed by atoms with van der Waals surface area (Å²) < 4.78 is 30.1. The highest BCUT2D eigenvalue weighted by atomic mass is 35.5. The SMILES string of the molecule is NCC[C@@H](NC(=O)[C@H](Cc1ccc(F)c(F)c1)NC(=O)Nc1ccc2c(CN3CCCC3)cn(Cc3c(Cl)cccc3Cl)c2c1)C(=O)NCc1ccccc1. The van der Waals surface area contributed by atoms with Crippen LogP contribution >= 0.6 is 23.2 Å². The summed E-state index contributed by atoms with van der Waals surface area (Å²) in [7, 11) is 0. The van der Waals surface area contributed by atoms with Crippen LogP contribution in [-0.2, 0) is 35.6 Å².